The van der Waals surface area contributed by atoms with E-state index in [0.717, 1.165) is 119 Å². The molecule has 4 aliphatic rings. The van der Waals surface area contributed by atoms with Crippen molar-refractivity contribution in [2.24, 2.45) is 0 Å². The van der Waals surface area contributed by atoms with Crippen LogP contribution in [0.1, 0.15) is 0 Å². The molecule has 0 spiro atoms. The van der Waals surface area contributed by atoms with Gasteiger partial charge in [-0.1, -0.05) is 133 Å². The van der Waals surface area contributed by atoms with Gasteiger partial charge in [0, 0.05) is 58.4 Å². The van der Waals surface area contributed by atoms with E-state index in [-0.39, 0.29) is 13.4 Å². The number of pyridine rings is 5. The van der Waals surface area contributed by atoms with Crippen molar-refractivity contribution in [3.8, 4) is 22.5 Å². The monoisotopic (exact) mass is 919 g/mol. The minimum absolute atomic E-state index is 0.232. The summed E-state index contributed by atoms with van der Waals surface area (Å²) in [7, 11) is 0. The standard InChI is InChI=1S/C61H39B2N9/c1-6-18-40(19-7-1)41-29-30-46-54(38-41)69(42-20-8-2-9-21-42)52-33-36-65-60-55(52)62(46)49-39-48-58(68-59(49)72(60)45-26-14-5-15-27-45)70(43-22-10-3-11-23-43)53-34-37-66-61-56(53)63(48)47-31-32-51(50-28-16-17-35-64-50)67-57(47)71(61)44-24-12-4-13-25-44/h1-39H. The van der Waals surface area contributed by atoms with Crippen LogP contribution in [0.5, 0.6) is 0 Å². The number of benzene rings is 6. The van der Waals surface area contributed by atoms with E-state index in [1.807, 2.05) is 42.9 Å². The molecule has 0 fully saturated rings. The Labute approximate surface area is 417 Å². The first-order chi connectivity index (χ1) is 35.8. The van der Waals surface area contributed by atoms with Crippen molar-refractivity contribution in [1.29, 1.82) is 0 Å². The van der Waals surface area contributed by atoms with E-state index in [0.29, 0.717) is 0 Å². The number of hydrogen-bond acceptors (Lipinski definition) is 9. The molecule has 0 aliphatic carbocycles. The highest BCUT2D eigenvalue weighted by atomic mass is 15.3. The predicted molar refractivity (Wildman–Crippen MR) is 294 cm³/mol. The molecule has 0 bridgehead atoms. The molecule has 6 aromatic carbocycles. The van der Waals surface area contributed by atoms with E-state index in [9.17, 15) is 0 Å². The first kappa shape index (κ1) is 40.3. The van der Waals surface area contributed by atoms with Gasteiger partial charge in [-0.2, -0.15) is 0 Å². The van der Waals surface area contributed by atoms with Crippen molar-refractivity contribution >= 4 is 115 Å². The number of rotatable bonds is 6. The Hall–Kier alpha value is -9.60. The average Bonchev–Trinajstić information content (AvgIpc) is 3.46. The van der Waals surface area contributed by atoms with Crippen molar-refractivity contribution in [3.05, 3.63) is 237 Å². The lowest BCUT2D eigenvalue weighted by Gasteiger charge is -2.45. The van der Waals surface area contributed by atoms with Crippen LogP contribution in [-0.2, 0) is 0 Å². The summed E-state index contributed by atoms with van der Waals surface area (Å²) in [5.74, 6) is 4.15. The van der Waals surface area contributed by atoms with Crippen LogP contribution in [0.4, 0.5) is 68.9 Å². The van der Waals surface area contributed by atoms with Crippen LogP contribution < -0.4 is 52.4 Å². The maximum atomic E-state index is 6.04. The molecule has 9 heterocycles. The summed E-state index contributed by atoms with van der Waals surface area (Å²) < 4.78 is 0. The summed E-state index contributed by atoms with van der Waals surface area (Å²) in [6, 6.07) is 77.1. The van der Waals surface area contributed by atoms with Crippen molar-refractivity contribution in [3.63, 3.8) is 0 Å². The molecule has 9 nitrogen and oxygen atoms in total. The molecular formula is C61H39B2N9. The molecule has 15 rings (SSSR count). The first-order valence-electron chi connectivity index (χ1n) is 24.3. The van der Waals surface area contributed by atoms with Gasteiger partial charge in [-0.05, 0) is 129 Å². The molecule has 11 aromatic rings. The molecule has 334 valence electrons. The third kappa shape index (κ3) is 6.00. The zero-order valence-electron chi connectivity index (χ0n) is 38.7. The summed E-state index contributed by atoms with van der Waals surface area (Å²) in [5, 5.41) is 0. The molecule has 0 amide bonds. The molecular weight excluding hydrogens is 880 g/mol. The van der Waals surface area contributed by atoms with Crippen molar-refractivity contribution < 1.29 is 0 Å². The number of para-hydroxylation sites is 4. The lowest BCUT2D eigenvalue weighted by atomic mass is 9.31. The van der Waals surface area contributed by atoms with Crippen molar-refractivity contribution in [1.82, 2.24) is 24.9 Å². The van der Waals surface area contributed by atoms with E-state index >= 15 is 0 Å². The quantitative estimate of drug-likeness (QED) is 0.152. The average molecular weight is 920 g/mol. The number of hydrogen-bond donors (Lipinski definition) is 0. The van der Waals surface area contributed by atoms with E-state index in [2.05, 4.69) is 214 Å². The summed E-state index contributed by atoms with van der Waals surface area (Å²) in [4.78, 5) is 36.2. The SMILES string of the molecule is c1ccc(-c2ccc3c(c2)N(c2ccccc2)c2ccnc4c2B3c2cc3c(nc2N4c2ccccc2)N(c2ccccc2)c2ccnc4c2B3c2ccc(-c3ccccn3)nc2N4c2ccccc2)cc1. The van der Waals surface area contributed by atoms with Crippen LogP contribution >= 0.6 is 0 Å². The number of anilines is 12. The van der Waals surface area contributed by atoms with Crippen molar-refractivity contribution in [2.45, 2.75) is 0 Å². The second-order valence-corrected chi connectivity index (χ2v) is 18.5. The van der Waals surface area contributed by atoms with Crippen molar-refractivity contribution in [2.75, 3.05) is 19.6 Å². The molecule has 72 heavy (non-hydrogen) atoms. The minimum atomic E-state index is -0.291. The summed E-state index contributed by atoms with van der Waals surface area (Å²) >= 11 is 0. The highest BCUT2D eigenvalue weighted by molar-refractivity contribution is 7.03. The number of aromatic nitrogens is 5. The lowest BCUT2D eigenvalue weighted by Crippen LogP contribution is -2.66. The Balaban J connectivity index is 1.04. The maximum absolute atomic E-state index is 6.04. The lowest BCUT2D eigenvalue weighted by molar-refractivity contribution is 1.09. The summed E-state index contributed by atoms with van der Waals surface area (Å²) in [5.41, 5.74) is 17.7. The molecule has 11 heteroatoms. The van der Waals surface area contributed by atoms with Gasteiger partial charge in [-0.15, -0.1) is 0 Å². The highest BCUT2D eigenvalue weighted by Gasteiger charge is 2.50. The van der Waals surface area contributed by atoms with Gasteiger partial charge in [0.1, 0.15) is 29.1 Å². The summed E-state index contributed by atoms with van der Waals surface area (Å²) in [6.45, 7) is -0.522. The largest absolute Gasteiger partial charge is 0.311 e. The zero-order valence-corrected chi connectivity index (χ0v) is 38.7. The van der Waals surface area contributed by atoms with Gasteiger partial charge in [0.2, 0.25) is 0 Å². The zero-order chi connectivity index (χ0) is 47.3. The topological polar surface area (TPSA) is 77.4 Å². The Morgan fingerprint density at radius 3 is 1.35 bits per heavy atom. The Bertz CT molecular complexity index is 3660. The number of nitrogens with zero attached hydrogens (tertiary/aromatic N) is 9. The Kier molecular flexibility index (Phi) is 8.94. The fourth-order valence-corrected chi connectivity index (χ4v) is 11.6. The van der Waals surface area contributed by atoms with Crippen LogP contribution in [0.15, 0.2) is 237 Å². The highest BCUT2D eigenvalue weighted by Crippen LogP contribution is 2.46. The smallest absolute Gasteiger partial charge is 0.258 e. The van der Waals surface area contributed by atoms with Crippen LogP contribution in [0, 0.1) is 0 Å². The normalized spacial score (nSPS) is 13.4. The van der Waals surface area contributed by atoms with Gasteiger partial charge in [0.05, 0.1) is 11.4 Å². The molecule has 5 aromatic heterocycles. The van der Waals surface area contributed by atoms with E-state index in [4.69, 9.17) is 24.9 Å². The Morgan fingerprint density at radius 1 is 0.278 bits per heavy atom. The van der Waals surface area contributed by atoms with Gasteiger partial charge in [-0.3, -0.25) is 19.7 Å². The van der Waals surface area contributed by atoms with Gasteiger partial charge in [0.15, 0.2) is 0 Å². The molecule has 0 unspecified atom stereocenters. The van der Waals surface area contributed by atoms with Crippen LogP contribution in [0.2, 0.25) is 0 Å². The third-order valence-electron chi connectivity index (χ3n) is 14.6. The minimum Gasteiger partial charge on any atom is -0.311 e. The fraction of sp³-hybridized carbons (Fsp3) is 0. The third-order valence-corrected chi connectivity index (χ3v) is 14.6. The van der Waals surface area contributed by atoms with Gasteiger partial charge >= 0.3 is 0 Å². The second kappa shape index (κ2) is 16.0. The Morgan fingerprint density at radius 2 is 0.764 bits per heavy atom. The van der Waals surface area contributed by atoms with Gasteiger partial charge in [0.25, 0.3) is 13.4 Å². The number of fused-ring (bicyclic) bond motifs is 8. The van der Waals surface area contributed by atoms with Crippen LogP contribution in [0.25, 0.3) is 22.5 Å². The molecule has 0 saturated heterocycles. The summed E-state index contributed by atoms with van der Waals surface area (Å²) in [6.07, 6.45) is 5.70. The molecule has 4 aliphatic heterocycles. The van der Waals surface area contributed by atoms with E-state index < -0.39 is 0 Å². The second-order valence-electron chi connectivity index (χ2n) is 18.5. The molecule has 0 N–H and O–H groups in total. The molecule has 0 saturated carbocycles. The molecule has 0 atom stereocenters. The fourth-order valence-electron chi connectivity index (χ4n) is 11.6. The first-order valence-corrected chi connectivity index (χ1v) is 24.3. The van der Waals surface area contributed by atoms with Gasteiger partial charge in [-0.25, -0.2) is 19.9 Å². The van der Waals surface area contributed by atoms with Gasteiger partial charge < -0.3 is 4.90 Å². The van der Waals surface area contributed by atoms with Crippen LogP contribution in [0.3, 0.4) is 0 Å². The molecule has 0 radical (unpaired) electrons. The van der Waals surface area contributed by atoms with Crippen LogP contribution in [-0.4, -0.2) is 38.3 Å². The van der Waals surface area contributed by atoms with E-state index in [1.54, 1.807) is 0 Å². The van der Waals surface area contributed by atoms with E-state index in [1.165, 1.54) is 5.46 Å². The predicted octanol–water partition coefficient (Wildman–Crippen LogP) is 10.2. The maximum Gasteiger partial charge on any atom is 0.258 e.